The molecular weight excluding hydrogens is 284 g/mol. The fourth-order valence-electron chi connectivity index (χ4n) is 4.87. The fraction of sp³-hybridized carbons (Fsp3) is 0.550. The lowest BCUT2D eigenvalue weighted by Gasteiger charge is -2.43. The van der Waals surface area contributed by atoms with Crippen LogP contribution in [-0.4, -0.2) is 36.2 Å². The lowest BCUT2D eigenvalue weighted by atomic mass is 9.76. The Morgan fingerprint density at radius 1 is 1.22 bits per heavy atom. The summed E-state index contributed by atoms with van der Waals surface area (Å²) in [6, 6.07) is 10.7. The maximum Gasteiger partial charge on any atom is 0.0705 e. The molecule has 1 aromatic heterocycles. The van der Waals surface area contributed by atoms with Gasteiger partial charge in [-0.25, -0.2) is 0 Å². The average Bonchev–Trinajstić information content (AvgIpc) is 2.97. The summed E-state index contributed by atoms with van der Waals surface area (Å²) < 4.78 is 5.84. The number of methoxy groups -OCH3 is 1. The van der Waals surface area contributed by atoms with Crippen molar-refractivity contribution in [3.63, 3.8) is 0 Å². The van der Waals surface area contributed by atoms with Gasteiger partial charge in [0.1, 0.15) is 0 Å². The SMILES string of the molecule is CO[C@@H]1CCC[C@@]12CCCN(Cc1ccnc3ccccc13)C2. The molecule has 0 unspecified atom stereocenters. The normalized spacial score (nSPS) is 28.7. The van der Waals surface area contributed by atoms with Gasteiger partial charge in [0.25, 0.3) is 0 Å². The predicted molar refractivity (Wildman–Crippen MR) is 93.3 cm³/mol. The van der Waals surface area contributed by atoms with E-state index in [4.69, 9.17) is 4.74 Å². The molecule has 3 nitrogen and oxygen atoms in total. The molecule has 1 aromatic carbocycles. The van der Waals surface area contributed by atoms with E-state index in [1.54, 1.807) is 0 Å². The monoisotopic (exact) mass is 310 g/mol. The number of ether oxygens (including phenoxy) is 1. The lowest BCUT2D eigenvalue weighted by molar-refractivity contribution is -0.0365. The zero-order valence-electron chi connectivity index (χ0n) is 14.0. The molecule has 0 amide bonds. The van der Waals surface area contributed by atoms with Crippen molar-refractivity contribution in [3.05, 3.63) is 42.1 Å². The molecule has 0 bridgehead atoms. The fourth-order valence-corrected chi connectivity index (χ4v) is 4.87. The highest BCUT2D eigenvalue weighted by atomic mass is 16.5. The summed E-state index contributed by atoms with van der Waals surface area (Å²) in [5, 5.41) is 1.30. The van der Waals surface area contributed by atoms with Gasteiger partial charge in [-0.2, -0.15) is 0 Å². The van der Waals surface area contributed by atoms with Gasteiger partial charge in [0.2, 0.25) is 0 Å². The number of piperidine rings is 1. The summed E-state index contributed by atoms with van der Waals surface area (Å²) in [6.07, 6.45) is 8.93. The Balaban J connectivity index is 1.56. The van der Waals surface area contributed by atoms with Crippen LogP contribution in [0.15, 0.2) is 36.5 Å². The Morgan fingerprint density at radius 3 is 3.00 bits per heavy atom. The zero-order chi connectivity index (χ0) is 15.7. The number of rotatable bonds is 3. The molecule has 1 saturated carbocycles. The molecular formula is C20H26N2O. The molecule has 3 heteroatoms. The minimum atomic E-state index is 0.399. The van der Waals surface area contributed by atoms with Crippen LogP contribution >= 0.6 is 0 Å². The molecule has 122 valence electrons. The molecule has 23 heavy (non-hydrogen) atoms. The van der Waals surface area contributed by atoms with E-state index < -0.39 is 0 Å². The van der Waals surface area contributed by atoms with Crippen LogP contribution in [0, 0.1) is 5.41 Å². The van der Waals surface area contributed by atoms with E-state index in [0.717, 1.165) is 12.1 Å². The lowest BCUT2D eigenvalue weighted by Crippen LogP contribution is -2.47. The van der Waals surface area contributed by atoms with Crippen LogP contribution < -0.4 is 0 Å². The van der Waals surface area contributed by atoms with E-state index in [-0.39, 0.29) is 0 Å². The van der Waals surface area contributed by atoms with Crippen LogP contribution in [0.4, 0.5) is 0 Å². The number of para-hydroxylation sites is 1. The summed E-state index contributed by atoms with van der Waals surface area (Å²) >= 11 is 0. The maximum absolute atomic E-state index is 5.84. The Hall–Kier alpha value is -1.45. The number of nitrogens with zero attached hydrogens (tertiary/aromatic N) is 2. The first kappa shape index (κ1) is 15.1. The number of hydrogen-bond acceptors (Lipinski definition) is 3. The van der Waals surface area contributed by atoms with E-state index in [9.17, 15) is 0 Å². The van der Waals surface area contributed by atoms with Crippen LogP contribution in [0.25, 0.3) is 10.9 Å². The maximum atomic E-state index is 5.84. The number of hydrogen-bond donors (Lipinski definition) is 0. The quantitative estimate of drug-likeness (QED) is 0.856. The first-order valence-electron chi connectivity index (χ1n) is 8.88. The smallest absolute Gasteiger partial charge is 0.0705 e. The number of benzene rings is 1. The van der Waals surface area contributed by atoms with Gasteiger partial charge in [0.05, 0.1) is 11.6 Å². The van der Waals surface area contributed by atoms with Gasteiger partial charge in [-0.05, 0) is 49.9 Å². The van der Waals surface area contributed by atoms with Gasteiger partial charge in [-0.1, -0.05) is 24.6 Å². The minimum absolute atomic E-state index is 0.399. The topological polar surface area (TPSA) is 25.4 Å². The second kappa shape index (κ2) is 6.21. The molecule has 2 atom stereocenters. The van der Waals surface area contributed by atoms with Crippen molar-refractivity contribution in [1.82, 2.24) is 9.88 Å². The van der Waals surface area contributed by atoms with Crippen LogP contribution in [0.2, 0.25) is 0 Å². The van der Waals surface area contributed by atoms with E-state index >= 15 is 0 Å². The molecule has 2 aromatic rings. The van der Waals surface area contributed by atoms with Crippen molar-refractivity contribution in [2.24, 2.45) is 5.41 Å². The molecule has 1 aliphatic carbocycles. The number of aromatic nitrogens is 1. The van der Waals surface area contributed by atoms with Crippen molar-refractivity contribution in [2.75, 3.05) is 20.2 Å². The molecule has 1 saturated heterocycles. The Kier molecular flexibility index (Phi) is 4.08. The molecule has 2 fully saturated rings. The highest BCUT2D eigenvalue weighted by Gasteiger charge is 2.45. The Bertz CT molecular complexity index is 681. The first-order chi connectivity index (χ1) is 11.3. The van der Waals surface area contributed by atoms with Crippen LogP contribution in [0.1, 0.15) is 37.7 Å². The predicted octanol–water partition coefficient (Wildman–Crippen LogP) is 4.02. The third-order valence-electron chi connectivity index (χ3n) is 5.93. The minimum Gasteiger partial charge on any atom is -0.381 e. The highest BCUT2D eigenvalue weighted by molar-refractivity contribution is 5.81. The molecule has 0 N–H and O–H groups in total. The molecule has 2 heterocycles. The third-order valence-corrected chi connectivity index (χ3v) is 5.93. The van der Waals surface area contributed by atoms with E-state index in [2.05, 4.69) is 40.2 Å². The average molecular weight is 310 g/mol. The van der Waals surface area contributed by atoms with E-state index in [0.29, 0.717) is 11.5 Å². The summed E-state index contributed by atoms with van der Waals surface area (Å²) in [7, 11) is 1.90. The zero-order valence-corrected chi connectivity index (χ0v) is 14.0. The second-order valence-electron chi connectivity index (χ2n) is 7.28. The number of pyridine rings is 1. The van der Waals surface area contributed by atoms with Crippen molar-refractivity contribution < 1.29 is 4.74 Å². The van der Waals surface area contributed by atoms with Crippen molar-refractivity contribution in [2.45, 2.75) is 44.8 Å². The van der Waals surface area contributed by atoms with Gasteiger partial charge in [0, 0.05) is 37.2 Å². The van der Waals surface area contributed by atoms with Crippen LogP contribution in [-0.2, 0) is 11.3 Å². The molecule has 1 aliphatic heterocycles. The first-order valence-corrected chi connectivity index (χ1v) is 8.88. The van der Waals surface area contributed by atoms with Gasteiger partial charge in [-0.15, -0.1) is 0 Å². The van der Waals surface area contributed by atoms with E-state index in [1.807, 2.05) is 13.3 Å². The Labute approximate surface area is 138 Å². The summed E-state index contributed by atoms with van der Waals surface area (Å²) in [6.45, 7) is 3.41. The second-order valence-corrected chi connectivity index (χ2v) is 7.28. The van der Waals surface area contributed by atoms with Crippen molar-refractivity contribution in [3.8, 4) is 0 Å². The van der Waals surface area contributed by atoms with Gasteiger partial charge in [-0.3, -0.25) is 9.88 Å². The Morgan fingerprint density at radius 2 is 2.09 bits per heavy atom. The molecule has 1 spiro atoms. The van der Waals surface area contributed by atoms with Gasteiger partial charge >= 0.3 is 0 Å². The number of fused-ring (bicyclic) bond motifs is 1. The van der Waals surface area contributed by atoms with Crippen molar-refractivity contribution >= 4 is 10.9 Å². The van der Waals surface area contributed by atoms with Crippen LogP contribution in [0.5, 0.6) is 0 Å². The third kappa shape index (κ3) is 2.77. The highest BCUT2D eigenvalue weighted by Crippen LogP contribution is 2.46. The van der Waals surface area contributed by atoms with Gasteiger partial charge in [0.15, 0.2) is 0 Å². The summed E-state index contributed by atoms with van der Waals surface area (Å²) in [4.78, 5) is 7.13. The molecule has 4 rings (SSSR count). The van der Waals surface area contributed by atoms with Gasteiger partial charge < -0.3 is 4.74 Å². The van der Waals surface area contributed by atoms with Crippen LogP contribution in [0.3, 0.4) is 0 Å². The van der Waals surface area contributed by atoms with Crippen molar-refractivity contribution in [1.29, 1.82) is 0 Å². The number of likely N-dealkylation sites (tertiary alicyclic amines) is 1. The largest absolute Gasteiger partial charge is 0.381 e. The summed E-state index contributed by atoms with van der Waals surface area (Å²) in [5.41, 5.74) is 2.91. The van der Waals surface area contributed by atoms with E-state index in [1.165, 1.54) is 56.1 Å². The molecule has 0 radical (unpaired) electrons. The summed E-state index contributed by atoms with van der Waals surface area (Å²) in [5.74, 6) is 0. The standard InChI is InChI=1S/C20H26N2O/c1-23-19-8-4-10-20(19)11-5-13-22(15-20)14-16-9-12-21-18-7-3-2-6-17(16)18/h2-3,6-7,9,12,19H,4-5,8,10-11,13-15H2,1H3/t19-,20+/m1/s1. The molecule has 2 aliphatic rings.